The maximum absolute atomic E-state index is 12.1. The van der Waals surface area contributed by atoms with Crippen molar-refractivity contribution in [2.75, 3.05) is 13.1 Å². The molecular weight excluding hydrogens is 528 g/mol. The number of likely N-dealkylation sites (tertiary alicyclic amines) is 1. The van der Waals surface area contributed by atoms with Crippen molar-refractivity contribution in [1.82, 2.24) is 25.0 Å². The van der Waals surface area contributed by atoms with Gasteiger partial charge in [0, 0.05) is 68.7 Å². The number of amides is 1. The van der Waals surface area contributed by atoms with Crippen molar-refractivity contribution in [2.45, 2.75) is 49.6 Å². The normalized spacial score (nSPS) is 19.0. The number of carboxylic acids is 2. The predicted octanol–water partition coefficient (Wildman–Crippen LogP) is 2.72. The number of alkyl halides is 6. The molecule has 2 fully saturated rings. The van der Waals surface area contributed by atoms with Gasteiger partial charge in [0.05, 0.1) is 6.20 Å². The van der Waals surface area contributed by atoms with Crippen molar-refractivity contribution in [3.8, 4) is 0 Å². The Morgan fingerprint density at radius 2 is 1.55 bits per heavy atom. The number of carbonyl (C=O) groups is 3. The first-order valence-electron chi connectivity index (χ1n) is 11.0. The van der Waals surface area contributed by atoms with Crippen LogP contribution < -0.4 is 5.32 Å². The molecule has 0 aliphatic carbocycles. The van der Waals surface area contributed by atoms with Gasteiger partial charge < -0.3 is 15.5 Å². The van der Waals surface area contributed by atoms with Crippen LogP contribution in [0, 0.1) is 0 Å². The summed E-state index contributed by atoms with van der Waals surface area (Å²) < 4.78 is 65.3. The molecule has 2 aliphatic heterocycles. The molecule has 2 aromatic rings. The van der Waals surface area contributed by atoms with Crippen molar-refractivity contribution in [1.29, 1.82) is 0 Å². The number of aromatic nitrogens is 3. The molecule has 0 bridgehead atoms. The van der Waals surface area contributed by atoms with E-state index in [0.29, 0.717) is 6.42 Å². The first-order valence-corrected chi connectivity index (χ1v) is 11.0. The van der Waals surface area contributed by atoms with E-state index in [1.807, 2.05) is 30.3 Å². The maximum Gasteiger partial charge on any atom is 0.490 e. The van der Waals surface area contributed by atoms with E-state index in [1.54, 1.807) is 0 Å². The van der Waals surface area contributed by atoms with Crippen LogP contribution in [0.15, 0.2) is 36.9 Å². The number of aliphatic carboxylic acids is 2. The fourth-order valence-corrected chi connectivity index (χ4v) is 4.22. The summed E-state index contributed by atoms with van der Waals surface area (Å²) in [5.41, 5.74) is 2.38. The van der Waals surface area contributed by atoms with E-state index in [4.69, 9.17) is 19.8 Å². The molecule has 38 heavy (non-hydrogen) atoms. The smallest absolute Gasteiger partial charge is 0.475 e. The van der Waals surface area contributed by atoms with Crippen LogP contribution in [0.5, 0.6) is 0 Å². The van der Waals surface area contributed by atoms with Crippen molar-refractivity contribution < 1.29 is 50.9 Å². The fourth-order valence-electron chi connectivity index (χ4n) is 4.22. The van der Waals surface area contributed by atoms with Crippen molar-refractivity contribution in [2.24, 2.45) is 7.05 Å². The molecule has 1 amide bonds. The summed E-state index contributed by atoms with van der Waals surface area (Å²) in [6.07, 6.45) is 0.0559. The topological polar surface area (TPSA) is 138 Å². The van der Waals surface area contributed by atoms with Gasteiger partial charge in [-0.2, -0.15) is 31.4 Å². The van der Waals surface area contributed by atoms with E-state index in [0.717, 1.165) is 32.5 Å². The van der Waals surface area contributed by atoms with E-state index >= 15 is 0 Å². The minimum Gasteiger partial charge on any atom is -0.475 e. The summed E-state index contributed by atoms with van der Waals surface area (Å²) in [7, 11) is 1.95. The molecule has 0 saturated carbocycles. The molecule has 16 heteroatoms. The van der Waals surface area contributed by atoms with E-state index < -0.39 is 24.3 Å². The second-order valence-electron chi connectivity index (χ2n) is 8.65. The average molecular weight is 553 g/mol. The highest BCUT2D eigenvalue weighted by atomic mass is 19.4. The van der Waals surface area contributed by atoms with E-state index in [-0.39, 0.29) is 17.4 Å². The third-order valence-corrected chi connectivity index (χ3v) is 5.95. The van der Waals surface area contributed by atoms with Gasteiger partial charge in [0.25, 0.3) is 0 Å². The van der Waals surface area contributed by atoms with Crippen LogP contribution in [0.1, 0.15) is 36.3 Å². The molecule has 4 heterocycles. The lowest BCUT2D eigenvalue weighted by Crippen LogP contribution is -2.53. The summed E-state index contributed by atoms with van der Waals surface area (Å²) >= 11 is 0. The molecule has 1 atom stereocenters. The molecule has 10 nitrogen and oxygen atoms in total. The Balaban J connectivity index is 0.000000301. The number of halogens is 6. The number of piperidine rings is 1. The lowest BCUT2D eigenvalue weighted by molar-refractivity contribution is -0.193. The fraction of sp³-hybridized carbons (Fsp3) is 0.500. The molecule has 2 aliphatic rings. The number of nitrogens with one attached hydrogen (secondary N) is 1. The molecule has 1 spiro atoms. The Hall–Kier alpha value is -3.69. The lowest BCUT2D eigenvalue weighted by atomic mass is 9.74. The minimum atomic E-state index is -5.08. The Morgan fingerprint density at radius 3 is 1.97 bits per heavy atom. The summed E-state index contributed by atoms with van der Waals surface area (Å²) in [6, 6.07) is 4.10. The van der Waals surface area contributed by atoms with Crippen molar-refractivity contribution in [3.05, 3.63) is 48.0 Å². The van der Waals surface area contributed by atoms with Gasteiger partial charge in [-0.05, 0) is 30.5 Å². The number of hydrogen-bond acceptors (Lipinski definition) is 6. The van der Waals surface area contributed by atoms with Gasteiger partial charge >= 0.3 is 24.3 Å². The second-order valence-corrected chi connectivity index (χ2v) is 8.65. The molecule has 3 N–H and O–H groups in total. The summed E-state index contributed by atoms with van der Waals surface area (Å²) in [5, 5.41) is 21.8. The van der Waals surface area contributed by atoms with E-state index in [1.165, 1.54) is 11.1 Å². The second kappa shape index (κ2) is 12.2. The largest absolute Gasteiger partial charge is 0.490 e. The van der Waals surface area contributed by atoms with Crippen molar-refractivity contribution >= 4 is 17.8 Å². The molecule has 0 radical (unpaired) electrons. The highest BCUT2D eigenvalue weighted by Crippen LogP contribution is 2.43. The number of carboxylic acid groups (broad SMARTS) is 2. The molecule has 1 unspecified atom stereocenters. The first-order chi connectivity index (χ1) is 17.5. The quantitative estimate of drug-likeness (QED) is 0.494. The van der Waals surface area contributed by atoms with Crippen LogP contribution in [0.3, 0.4) is 0 Å². The monoisotopic (exact) mass is 553 g/mol. The minimum absolute atomic E-state index is 0.0934. The SMILES string of the molecule is Cn1cc(CN2CCC3(CC2)NC(=O)CC3c2ccncc2)cn1.O=C(O)C(F)(F)F.O=C(O)C(F)(F)F. The van der Waals surface area contributed by atoms with Crippen LogP contribution in [-0.4, -0.2) is 78.7 Å². The van der Waals surface area contributed by atoms with Crippen LogP contribution >= 0.6 is 0 Å². The standard InChI is InChI=1S/C18H23N5O.2C2HF3O2/c1-22-12-14(11-20-22)13-23-8-4-18(5-9-23)16(10-17(24)21-18)15-2-6-19-7-3-15;2*3-2(4,5)1(6)7/h2-3,6-7,11-12,16H,4-5,8-10,13H2,1H3,(H,21,24);2*(H,6,7). The van der Waals surface area contributed by atoms with E-state index in [9.17, 15) is 31.1 Å². The molecule has 2 aromatic heterocycles. The third kappa shape index (κ3) is 8.71. The molecule has 4 rings (SSSR count). The molecular formula is C22H25F6N5O5. The van der Waals surface area contributed by atoms with Crippen LogP contribution in [-0.2, 0) is 28.0 Å². The highest BCUT2D eigenvalue weighted by molar-refractivity contribution is 5.81. The van der Waals surface area contributed by atoms with Crippen LogP contribution in [0.4, 0.5) is 26.3 Å². The zero-order chi connectivity index (χ0) is 28.7. The molecule has 210 valence electrons. The number of nitrogens with zero attached hydrogens (tertiary/aromatic N) is 4. The lowest BCUT2D eigenvalue weighted by Gasteiger charge is -2.43. The number of aryl methyl sites for hydroxylation is 1. The Morgan fingerprint density at radius 1 is 1.05 bits per heavy atom. The Kier molecular flexibility index (Phi) is 9.83. The highest BCUT2D eigenvalue weighted by Gasteiger charge is 2.48. The number of pyridine rings is 1. The van der Waals surface area contributed by atoms with Gasteiger partial charge in [-0.3, -0.25) is 19.4 Å². The van der Waals surface area contributed by atoms with Gasteiger partial charge in [0.2, 0.25) is 5.91 Å². The number of carbonyl (C=O) groups excluding carboxylic acids is 1. The average Bonchev–Trinajstić information content (AvgIpc) is 3.37. The van der Waals surface area contributed by atoms with Crippen LogP contribution in [0.25, 0.3) is 0 Å². The number of hydrogen-bond donors (Lipinski definition) is 3. The predicted molar refractivity (Wildman–Crippen MR) is 118 cm³/mol. The zero-order valence-electron chi connectivity index (χ0n) is 20.0. The van der Waals surface area contributed by atoms with Gasteiger partial charge in [-0.1, -0.05) is 0 Å². The summed E-state index contributed by atoms with van der Waals surface area (Å²) in [5.74, 6) is -5.08. The van der Waals surface area contributed by atoms with Gasteiger partial charge in [-0.25, -0.2) is 9.59 Å². The summed E-state index contributed by atoms with van der Waals surface area (Å²) in [6.45, 7) is 2.92. The number of rotatable bonds is 3. The molecule has 0 aromatic carbocycles. The molecule has 2 saturated heterocycles. The van der Waals surface area contributed by atoms with Crippen LogP contribution in [0.2, 0.25) is 0 Å². The Labute approximate surface area is 212 Å². The zero-order valence-corrected chi connectivity index (χ0v) is 20.0. The third-order valence-electron chi connectivity index (χ3n) is 5.95. The first kappa shape index (κ1) is 30.5. The Bertz CT molecular complexity index is 1070. The van der Waals surface area contributed by atoms with Gasteiger partial charge in [0.1, 0.15) is 0 Å². The van der Waals surface area contributed by atoms with Gasteiger partial charge in [0.15, 0.2) is 0 Å². The van der Waals surface area contributed by atoms with Crippen molar-refractivity contribution in [3.63, 3.8) is 0 Å². The summed E-state index contributed by atoms with van der Waals surface area (Å²) in [4.78, 5) is 36.5. The van der Waals surface area contributed by atoms with E-state index in [2.05, 4.69) is 38.6 Å². The maximum atomic E-state index is 12.1. The van der Waals surface area contributed by atoms with Gasteiger partial charge in [-0.15, -0.1) is 0 Å².